The number of fused-ring (bicyclic) bond motifs is 2. The fraction of sp³-hybridized carbons (Fsp3) is 0.471. The summed E-state index contributed by atoms with van der Waals surface area (Å²) in [5.41, 5.74) is 4.20. The molecule has 2 N–H and O–H groups in total. The lowest BCUT2D eigenvalue weighted by Gasteiger charge is -2.25. The molecule has 25 heavy (non-hydrogen) atoms. The Morgan fingerprint density at radius 3 is 2.40 bits per heavy atom. The zero-order valence-electron chi connectivity index (χ0n) is 13.8. The number of ether oxygens (including phenoxy) is 4. The van der Waals surface area contributed by atoms with Crippen molar-refractivity contribution in [2.24, 2.45) is 21.6 Å². The first-order valence-corrected chi connectivity index (χ1v) is 7.75. The van der Waals surface area contributed by atoms with Crippen molar-refractivity contribution in [2.75, 3.05) is 27.4 Å². The third-order valence-electron chi connectivity index (χ3n) is 5.35. The van der Waals surface area contributed by atoms with Crippen LogP contribution in [-0.4, -0.2) is 39.2 Å². The molecule has 2 aliphatic heterocycles. The molecule has 0 bridgehead atoms. The largest absolute Gasteiger partial charge is 0.493 e. The predicted molar refractivity (Wildman–Crippen MR) is 84.6 cm³/mol. The van der Waals surface area contributed by atoms with Crippen LogP contribution in [0.3, 0.4) is 0 Å². The number of hydrogen-bond donors (Lipinski definition) is 1. The Bertz CT molecular complexity index is 864. The molecule has 3 aliphatic rings. The summed E-state index contributed by atoms with van der Waals surface area (Å²) < 4.78 is 22.0. The van der Waals surface area contributed by atoms with Crippen molar-refractivity contribution in [1.82, 2.24) is 0 Å². The fourth-order valence-corrected chi connectivity index (χ4v) is 4.25. The molecule has 1 saturated heterocycles. The third kappa shape index (κ3) is 1.50. The number of aliphatic imine (C=N–C) groups is 1. The van der Waals surface area contributed by atoms with Gasteiger partial charge in [0.1, 0.15) is 11.3 Å². The minimum Gasteiger partial charge on any atom is -0.493 e. The number of nitrogens with two attached hydrogens (primary N) is 1. The van der Waals surface area contributed by atoms with Crippen molar-refractivity contribution < 1.29 is 18.9 Å². The number of amidine groups is 1. The molecule has 3 unspecified atom stereocenters. The van der Waals surface area contributed by atoms with Gasteiger partial charge >= 0.3 is 0 Å². The van der Waals surface area contributed by atoms with Gasteiger partial charge in [-0.15, -0.1) is 0 Å². The van der Waals surface area contributed by atoms with Crippen LogP contribution in [0.5, 0.6) is 11.5 Å². The minimum atomic E-state index is -1.53. The zero-order chi connectivity index (χ0) is 17.9. The van der Waals surface area contributed by atoms with E-state index in [4.69, 9.17) is 24.7 Å². The molecule has 2 heterocycles. The number of nitriles is 2. The molecule has 1 saturated carbocycles. The average molecular weight is 340 g/mol. The van der Waals surface area contributed by atoms with E-state index in [9.17, 15) is 10.5 Å². The Labute approximate surface area is 144 Å². The molecule has 0 aromatic heterocycles. The fourth-order valence-electron chi connectivity index (χ4n) is 4.25. The second-order valence-electron chi connectivity index (χ2n) is 6.16. The highest BCUT2D eigenvalue weighted by molar-refractivity contribution is 6.00. The van der Waals surface area contributed by atoms with Gasteiger partial charge in [-0.25, -0.2) is 4.99 Å². The van der Waals surface area contributed by atoms with E-state index in [0.29, 0.717) is 24.7 Å². The smallest absolute Gasteiger partial charge is 0.293 e. The second kappa shape index (κ2) is 4.85. The normalized spacial score (nSPS) is 33.9. The van der Waals surface area contributed by atoms with Gasteiger partial charge in [0, 0.05) is 5.92 Å². The van der Waals surface area contributed by atoms with E-state index in [2.05, 4.69) is 17.1 Å². The first-order valence-electron chi connectivity index (χ1n) is 7.75. The van der Waals surface area contributed by atoms with Gasteiger partial charge in [0.15, 0.2) is 16.9 Å². The number of methoxy groups -OCH3 is 2. The van der Waals surface area contributed by atoms with E-state index >= 15 is 0 Å². The van der Waals surface area contributed by atoms with Gasteiger partial charge in [0.2, 0.25) is 0 Å². The van der Waals surface area contributed by atoms with Crippen LogP contribution >= 0.6 is 0 Å². The number of rotatable bonds is 3. The summed E-state index contributed by atoms with van der Waals surface area (Å²) in [6, 6.07) is 9.72. The maximum absolute atomic E-state index is 10.0. The summed E-state index contributed by atoms with van der Waals surface area (Å²) in [7, 11) is 3.06. The Hall–Kier alpha value is -2.81. The SMILES string of the molecule is COc1ccc(C2C3(C#N)C(N)=NC4(OCCO4)C23C#N)cc1OC. The van der Waals surface area contributed by atoms with Crippen LogP contribution in [0.4, 0.5) is 0 Å². The Morgan fingerprint density at radius 1 is 1.16 bits per heavy atom. The predicted octanol–water partition coefficient (Wildman–Crippen LogP) is 0.892. The molecule has 3 atom stereocenters. The van der Waals surface area contributed by atoms with Gasteiger partial charge in [0.25, 0.3) is 5.91 Å². The molecule has 4 rings (SSSR count). The van der Waals surface area contributed by atoms with Gasteiger partial charge < -0.3 is 24.7 Å². The lowest BCUT2D eigenvalue weighted by molar-refractivity contribution is -0.184. The minimum absolute atomic E-state index is 0.0678. The van der Waals surface area contributed by atoms with Crippen molar-refractivity contribution in [3.05, 3.63) is 23.8 Å². The molecule has 2 fully saturated rings. The highest BCUT2D eigenvalue weighted by atomic mass is 16.8. The summed E-state index contributed by atoms with van der Waals surface area (Å²) in [5, 5.41) is 19.9. The van der Waals surface area contributed by atoms with Crippen molar-refractivity contribution >= 4 is 5.84 Å². The molecule has 8 heteroatoms. The maximum atomic E-state index is 10.0. The van der Waals surface area contributed by atoms with Crippen molar-refractivity contribution in [1.29, 1.82) is 10.5 Å². The Balaban J connectivity index is 1.89. The van der Waals surface area contributed by atoms with E-state index in [0.717, 1.165) is 5.56 Å². The van der Waals surface area contributed by atoms with Gasteiger partial charge in [-0.2, -0.15) is 10.5 Å². The highest BCUT2D eigenvalue weighted by Gasteiger charge is 2.94. The summed E-state index contributed by atoms with van der Waals surface area (Å²) in [4.78, 5) is 4.24. The molecule has 128 valence electrons. The topological polar surface area (TPSA) is 123 Å². The molecule has 1 spiro atoms. The van der Waals surface area contributed by atoms with Crippen molar-refractivity contribution in [3.8, 4) is 23.6 Å². The summed E-state index contributed by atoms with van der Waals surface area (Å²) >= 11 is 0. The van der Waals surface area contributed by atoms with Crippen molar-refractivity contribution in [3.63, 3.8) is 0 Å². The summed E-state index contributed by atoms with van der Waals surface area (Å²) in [5.74, 6) is -0.939. The van der Waals surface area contributed by atoms with Crippen LogP contribution in [0.1, 0.15) is 11.5 Å². The van der Waals surface area contributed by atoms with E-state index in [1.165, 1.54) is 14.2 Å². The van der Waals surface area contributed by atoms with Gasteiger partial charge in [-0.05, 0) is 17.7 Å². The van der Waals surface area contributed by atoms with Crippen molar-refractivity contribution in [2.45, 2.75) is 11.8 Å². The Morgan fingerprint density at radius 2 is 1.84 bits per heavy atom. The second-order valence-corrected chi connectivity index (χ2v) is 6.16. The number of nitrogens with zero attached hydrogens (tertiary/aromatic N) is 3. The third-order valence-corrected chi connectivity index (χ3v) is 5.35. The van der Waals surface area contributed by atoms with Crippen LogP contribution in [0.2, 0.25) is 0 Å². The molecule has 1 aromatic rings. The Kier molecular flexibility index (Phi) is 3.05. The van der Waals surface area contributed by atoms with E-state index in [1.54, 1.807) is 18.2 Å². The van der Waals surface area contributed by atoms with E-state index < -0.39 is 22.7 Å². The first-order chi connectivity index (χ1) is 12.1. The standard InChI is InChI=1S/C17H16N4O4/c1-22-11-4-3-10(7-12(11)23-2)13-15(8-18)14(20)21-17(16(13,15)9-19)24-5-6-25-17/h3-4,7,13H,5-6H2,1-2H3,(H2,20,21). The molecule has 0 radical (unpaired) electrons. The van der Waals surface area contributed by atoms with Gasteiger partial charge in [-0.1, -0.05) is 6.07 Å². The lowest BCUT2D eigenvalue weighted by atomic mass is 9.94. The summed E-state index contributed by atoms with van der Waals surface area (Å²) in [6.07, 6.45) is 0. The molecule has 8 nitrogen and oxygen atoms in total. The first kappa shape index (κ1) is 15.7. The van der Waals surface area contributed by atoms with E-state index in [1.807, 2.05) is 0 Å². The van der Waals surface area contributed by atoms with Crippen LogP contribution in [0.25, 0.3) is 0 Å². The lowest BCUT2D eigenvalue weighted by Crippen LogP contribution is -2.38. The molecular weight excluding hydrogens is 324 g/mol. The van der Waals surface area contributed by atoms with Gasteiger partial charge in [-0.3, -0.25) is 0 Å². The molecule has 1 aromatic carbocycles. The van der Waals surface area contributed by atoms with Crippen LogP contribution in [0, 0.1) is 33.5 Å². The summed E-state index contributed by atoms with van der Waals surface area (Å²) in [6.45, 7) is 0.584. The van der Waals surface area contributed by atoms with Crippen LogP contribution < -0.4 is 15.2 Å². The monoisotopic (exact) mass is 340 g/mol. The quantitative estimate of drug-likeness (QED) is 0.866. The van der Waals surface area contributed by atoms with Gasteiger partial charge in [0.05, 0.1) is 39.6 Å². The van der Waals surface area contributed by atoms with E-state index in [-0.39, 0.29) is 5.84 Å². The highest BCUT2D eigenvalue weighted by Crippen LogP contribution is 2.82. The average Bonchev–Trinajstić information content (AvgIpc) is 2.89. The zero-order valence-corrected chi connectivity index (χ0v) is 13.8. The molecular formula is C17H16N4O4. The molecule has 1 aliphatic carbocycles. The van der Waals surface area contributed by atoms with Crippen LogP contribution in [0.15, 0.2) is 23.2 Å². The molecule has 0 amide bonds. The van der Waals surface area contributed by atoms with Crippen LogP contribution in [-0.2, 0) is 9.47 Å². The maximum Gasteiger partial charge on any atom is 0.293 e. The number of hydrogen-bond acceptors (Lipinski definition) is 8. The number of benzene rings is 1.